The molecule has 0 saturated carbocycles. The molecule has 2 rings (SSSR count). The number of rotatable bonds is 3. The Morgan fingerprint density at radius 3 is 3.00 bits per heavy atom. The van der Waals surface area contributed by atoms with Gasteiger partial charge in [0.25, 0.3) is 0 Å². The van der Waals surface area contributed by atoms with Crippen molar-refractivity contribution in [3.05, 3.63) is 24.0 Å². The molecule has 1 amide bonds. The number of ether oxygens (including phenoxy) is 1. The molecule has 20 heavy (non-hydrogen) atoms. The monoisotopic (exact) mass is 281 g/mol. The lowest BCUT2D eigenvalue weighted by Crippen LogP contribution is -2.52. The SMILES string of the molecule is CC1COCCN1C(C)C(=O)Nc1ccc(F)c(N)c1. The van der Waals surface area contributed by atoms with Gasteiger partial charge in [-0.25, -0.2) is 4.39 Å². The molecule has 1 saturated heterocycles. The largest absolute Gasteiger partial charge is 0.396 e. The average Bonchev–Trinajstić information content (AvgIpc) is 2.42. The smallest absolute Gasteiger partial charge is 0.241 e. The molecule has 110 valence electrons. The van der Waals surface area contributed by atoms with E-state index < -0.39 is 5.82 Å². The predicted octanol–water partition coefficient (Wildman–Crippen LogP) is 1.46. The molecule has 5 nitrogen and oxygen atoms in total. The number of carbonyl (C=O) groups excluding carboxylic acids is 1. The summed E-state index contributed by atoms with van der Waals surface area (Å²) in [4.78, 5) is 14.3. The highest BCUT2D eigenvalue weighted by molar-refractivity contribution is 5.94. The summed E-state index contributed by atoms with van der Waals surface area (Å²) < 4.78 is 18.4. The Hall–Kier alpha value is -1.66. The van der Waals surface area contributed by atoms with Crippen molar-refractivity contribution in [1.82, 2.24) is 4.90 Å². The molecule has 0 bridgehead atoms. The van der Waals surface area contributed by atoms with Crippen LogP contribution < -0.4 is 11.1 Å². The molecule has 0 aromatic heterocycles. The Morgan fingerprint density at radius 2 is 2.35 bits per heavy atom. The third kappa shape index (κ3) is 3.26. The zero-order valence-electron chi connectivity index (χ0n) is 11.7. The first kappa shape index (κ1) is 14.7. The second-order valence-corrected chi connectivity index (χ2v) is 5.06. The minimum absolute atomic E-state index is 0.0233. The maximum atomic E-state index is 13.1. The fourth-order valence-electron chi connectivity index (χ4n) is 2.33. The number of carbonyl (C=O) groups is 1. The van der Waals surface area contributed by atoms with Gasteiger partial charge in [-0.3, -0.25) is 9.69 Å². The molecule has 1 aromatic carbocycles. The van der Waals surface area contributed by atoms with E-state index in [4.69, 9.17) is 10.5 Å². The highest BCUT2D eigenvalue weighted by atomic mass is 19.1. The minimum atomic E-state index is -0.488. The summed E-state index contributed by atoms with van der Waals surface area (Å²) >= 11 is 0. The number of amides is 1. The van der Waals surface area contributed by atoms with Crippen LogP contribution in [0.15, 0.2) is 18.2 Å². The summed E-state index contributed by atoms with van der Waals surface area (Å²) in [6.07, 6.45) is 0. The van der Waals surface area contributed by atoms with E-state index in [1.165, 1.54) is 18.2 Å². The lowest BCUT2D eigenvalue weighted by atomic mass is 10.1. The van der Waals surface area contributed by atoms with Crippen LogP contribution >= 0.6 is 0 Å². The summed E-state index contributed by atoms with van der Waals surface area (Å²) in [6, 6.07) is 4.08. The molecule has 6 heteroatoms. The van der Waals surface area contributed by atoms with Crippen LogP contribution in [0.25, 0.3) is 0 Å². The summed E-state index contributed by atoms with van der Waals surface area (Å²) in [6.45, 7) is 5.86. The van der Waals surface area contributed by atoms with Crippen molar-refractivity contribution in [2.75, 3.05) is 30.8 Å². The number of nitrogens with two attached hydrogens (primary N) is 1. The van der Waals surface area contributed by atoms with E-state index in [-0.39, 0.29) is 23.7 Å². The maximum Gasteiger partial charge on any atom is 0.241 e. The van der Waals surface area contributed by atoms with E-state index in [1.54, 1.807) is 0 Å². The number of anilines is 2. The van der Waals surface area contributed by atoms with Gasteiger partial charge in [0.05, 0.1) is 24.9 Å². The Kier molecular flexibility index (Phi) is 4.57. The Labute approximate surface area is 117 Å². The molecule has 1 aliphatic heterocycles. The van der Waals surface area contributed by atoms with E-state index in [0.717, 1.165) is 6.54 Å². The van der Waals surface area contributed by atoms with E-state index in [0.29, 0.717) is 18.9 Å². The molecule has 0 aliphatic carbocycles. The lowest BCUT2D eigenvalue weighted by molar-refractivity contribution is -0.124. The van der Waals surface area contributed by atoms with Crippen molar-refractivity contribution < 1.29 is 13.9 Å². The van der Waals surface area contributed by atoms with Crippen molar-refractivity contribution in [3.63, 3.8) is 0 Å². The standard InChI is InChI=1S/C14H20FN3O2/c1-9-8-20-6-5-18(9)10(2)14(19)17-11-3-4-12(15)13(16)7-11/h3-4,7,9-10H,5-6,8,16H2,1-2H3,(H,17,19). The van der Waals surface area contributed by atoms with Crippen LogP contribution in [0.4, 0.5) is 15.8 Å². The molecule has 2 atom stereocenters. The third-order valence-corrected chi connectivity index (χ3v) is 3.56. The van der Waals surface area contributed by atoms with Crippen molar-refractivity contribution in [2.24, 2.45) is 0 Å². The quantitative estimate of drug-likeness (QED) is 0.823. The first-order chi connectivity index (χ1) is 9.49. The topological polar surface area (TPSA) is 67.6 Å². The second-order valence-electron chi connectivity index (χ2n) is 5.06. The van der Waals surface area contributed by atoms with Crippen molar-refractivity contribution in [3.8, 4) is 0 Å². The zero-order chi connectivity index (χ0) is 14.7. The van der Waals surface area contributed by atoms with Crippen molar-refractivity contribution in [1.29, 1.82) is 0 Å². The van der Waals surface area contributed by atoms with Gasteiger partial charge in [-0.2, -0.15) is 0 Å². The number of benzene rings is 1. The highest BCUT2D eigenvalue weighted by Gasteiger charge is 2.28. The number of nitrogen functional groups attached to an aromatic ring is 1. The molecule has 1 aromatic rings. The van der Waals surface area contributed by atoms with Gasteiger partial charge in [-0.15, -0.1) is 0 Å². The number of nitrogens with zero attached hydrogens (tertiary/aromatic N) is 1. The molecular weight excluding hydrogens is 261 g/mol. The summed E-state index contributed by atoms with van der Waals surface area (Å²) in [5, 5.41) is 2.76. The Bertz CT molecular complexity index is 495. The highest BCUT2D eigenvalue weighted by Crippen LogP contribution is 2.18. The van der Waals surface area contributed by atoms with Gasteiger partial charge < -0.3 is 15.8 Å². The van der Waals surface area contributed by atoms with Crippen LogP contribution in [0.2, 0.25) is 0 Å². The van der Waals surface area contributed by atoms with Crippen molar-refractivity contribution in [2.45, 2.75) is 25.9 Å². The van der Waals surface area contributed by atoms with Gasteiger partial charge >= 0.3 is 0 Å². The number of nitrogens with one attached hydrogen (secondary N) is 1. The van der Waals surface area contributed by atoms with Gasteiger partial charge in [-0.1, -0.05) is 0 Å². The number of hydrogen-bond acceptors (Lipinski definition) is 4. The minimum Gasteiger partial charge on any atom is -0.396 e. The number of halogens is 1. The van der Waals surface area contributed by atoms with Gasteiger partial charge in [-0.05, 0) is 32.0 Å². The average molecular weight is 281 g/mol. The third-order valence-electron chi connectivity index (χ3n) is 3.56. The van der Waals surface area contributed by atoms with E-state index in [9.17, 15) is 9.18 Å². The predicted molar refractivity (Wildman–Crippen MR) is 75.9 cm³/mol. The zero-order valence-corrected chi connectivity index (χ0v) is 11.7. The van der Waals surface area contributed by atoms with Gasteiger partial charge in [0.1, 0.15) is 5.82 Å². The number of hydrogen-bond donors (Lipinski definition) is 2. The van der Waals surface area contributed by atoms with Crippen molar-refractivity contribution >= 4 is 17.3 Å². The van der Waals surface area contributed by atoms with Crippen LogP contribution in [0.5, 0.6) is 0 Å². The summed E-state index contributed by atoms with van der Waals surface area (Å²) in [7, 11) is 0. The molecule has 0 spiro atoms. The maximum absolute atomic E-state index is 13.1. The normalized spacial score (nSPS) is 21.4. The Balaban J connectivity index is 2.01. The lowest BCUT2D eigenvalue weighted by Gasteiger charge is -2.36. The molecule has 2 unspecified atom stereocenters. The van der Waals surface area contributed by atoms with Gasteiger partial charge in [0.2, 0.25) is 5.91 Å². The van der Waals surface area contributed by atoms with E-state index >= 15 is 0 Å². The summed E-state index contributed by atoms with van der Waals surface area (Å²) in [5.41, 5.74) is 6.01. The Morgan fingerprint density at radius 1 is 1.60 bits per heavy atom. The van der Waals surface area contributed by atoms with Gasteiger partial charge in [0, 0.05) is 18.3 Å². The fourth-order valence-corrected chi connectivity index (χ4v) is 2.33. The van der Waals surface area contributed by atoms with Crippen LogP contribution in [-0.2, 0) is 9.53 Å². The molecule has 1 heterocycles. The molecule has 3 N–H and O–H groups in total. The van der Waals surface area contributed by atoms with Crippen LogP contribution in [0, 0.1) is 5.82 Å². The first-order valence-corrected chi connectivity index (χ1v) is 6.68. The van der Waals surface area contributed by atoms with E-state index in [2.05, 4.69) is 10.2 Å². The van der Waals surface area contributed by atoms with E-state index in [1.807, 2.05) is 13.8 Å². The molecule has 1 fully saturated rings. The molecular formula is C14H20FN3O2. The molecule has 1 aliphatic rings. The fraction of sp³-hybridized carbons (Fsp3) is 0.500. The van der Waals surface area contributed by atoms with Crippen LogP contribution in [0.3, 0.4) is 0 Å². The van der Waals surface area contributed by atoms with Crippen LogP contribution in [-0.4, -0.2) is 42.6 Å². The second kappa shape index (κ2) is 6.19. The first-order valence-electron chi connectivity index (χ1n) is 6.68. The summed E-state index contributed by atoms with van der Waals surface area (Å²) in [5.74, 6) is -0.623. The van der Waals surface area contributed by atoms with Gasteiger partial charge in [0.15, 0.2) is 0 Å². The number of morpholine rings is 1. The van der Waals surface area contributed by atoms with Crippen LogP contribution in [0.1, 0.15) is 13.8 Å². The molecule has 0 radical (unpaired) electrons.